The topological polar surface area (TPSA) is 174 Å². The number of hydrogen-bond acceptors (Lipinski definition) is 6. The molecule has 2 atom stereocenters. The Bertz CT molecular complexity index is 1340. The summed E-state index contributed by atoms with van der Waals surface area (Å²) in [7, 11) is 0. The fourth-order valence-electron chi connectivity index (χ4n) is 3.72. The van der Waals surface area contributed by atoms with Gasteiger partial charge in [0, 0.05) is 12.0 Å². The van der Waals surface area contributed by atoms with E-state index < -0.39 is 35.8 Å². The van der Waals surface area contributed by atoms with Crippen LogP contribution in [0, 0.1) is 5.92 Å². The summed E-state index contributed by atoms with van der Waals surface area (Å²) in [5.74, 6) is -2.80. The highest BCUT2D eigenvalue weighted by atomic mass is 16.5. The number of benzene rings is 3. The van der Waals surface area contributed by atoms with Gasteiger partial charge in [-0.2, -0.15) is 0 Å². The molecule has 7 N–H and O–H groups in total. The van der Waals surface area contributed by atoms with E-state index in [-0.39, 0.29) is 35.8 Å². The van der Waals surface area contributed by atoms with Crippen molar-refractivity contribution in [1.29, 1.82) is 0 Å². The molecule has 38 heavy (non-hydrogen) atoms. The molecule has 200 valence electrons. The molecule has 0 aliphatic rings. The van der Waals surface area contributed by atoms with Crippen molar-refractivity contribution in [2.24, 2.45) is 17.4 Å². The van der Waals surface area contributed by atoms with Crippen molar-refractivity contribution in [3.63, 3.8) is 0 Å². The molecule has 0 radical (unpaired) electrons. The Hall–Kier alpha value is -4.44. The normalized spacial score (nSPS) is 12.5. The smallest absolute Gasteiger partial charge is 0.326 e. The molecule has 0 bridgehead atoms. The van der Waals surface area contributed by atoms with E-state index in [0.29, 0.717) is 6.61 Å². The number of hydrogen-bond donors (Lipinski definition) is 5. The van der Waals surface area contributed by atoms with Crippen molar-refractivity contribution in [1.82, 2.24) is 5.32 Å². The second-order valence-electron chi connectivity index (χ2n) is 9.43. The van der Waals surface area contributed by atoms with Crippen LogP contribution in [0.15, 0.2) is 60.7 Å². The minimum absolute atomic E-state index is 0.0918. The quantitative estimate of drug-likeness (QED) is 0.244. The van der Waals surface area contributed by atoms with E-state index in [1.54, 1.807) is 0 Å². The molecule has 0 unspecified atom stereocenters. The summed E-state index contributed by atoms with van der Waals surface area (Å²) >= 11 is 0. The van der Waals surface area contributed by atoms with Gasteiger partial charge >= 0.3 is 5.97 Å². The number of nitrogens with one attached hydrogen (secondary N) is 2. The molecule has 0 aliphatic heterocycles. The average molecular weight is 521 g/mol. The summed E-state index contributed by atoms with van der Waals surface area (Å²) in [6.45, 7) is 4.16. The number of ether oxygens (including phenoxy) is 1. The van der Waals surface area contributed by atoms with Gasteiger partial charge in [0.2, 0.25) is 11.8 Å². The lowest BCUT2D eigenvalue weighted by Gasteiger charge is -2.18. The van der Waals surface area contributed by atoms with Crippen molar-refractivity contribution in [2.75, 3.05) is 11.9 Å². The number of carbonyl (C=O) groups excluding carboxylic acids is 3. The van der Waals surface area contributed by atoms with Crippen LogP contribution in [0.4, 0.5) is 5.69 Å². The number of amides is 3. The summed E-state index contributed by atoms with van der Waals surface area (Å²) in [6.07, 6.45) is -0.239. The molecule has 0 spiro atoms. The van der Waals surface area contributed by atoms with E-state index >= 15 is 0 Å². The van der Waals surface area contributed by atoms with Gasteiger partial charge in [-0.3, -0.25) is 14.4 Å². The molecule has 3 amide bonds. The van der Waals surface area contributed by atoms with Gasteiger partial charge in [-0.15, -0.1) is 0 Å². The van der Waals surface area contributed by atoms with Crippen LogP contribution in [0.2, 0.25) is 0 Å². The molecule has 0 fully saturated rings. The number of carboxylic acid groups (broad SMARTS) is 1. The highest BCUT2D eigenvalue weighted by Gasteiger charge is 2.23. The predicted molar refractivity (Wildman–Crippen MR) is 144 cm³/mol. The SMILES string of the molecule is CC(C)COc1cc(C(=O)N[C@@H](Cc2ccc3ccccc3c2)C(=O)O)ccc1NC(=O)[C@@H](N)CC(N)=O. The molecule has 0 saturated heterocycles. The van der Waals surface area contributed by atoms with Gasteiger partial charge in [0.05, 0.1) is 24.8 Å². The third kappa shape index (κ3) is 7.78. The van der Waals surface area contributed by atoms with Gasteiger partial charge in [0.25, 0.3) is 5.91 Å². The van der Waals surface area contributed by atoms with E-state index in [2.05, 4.69) is 10.6 Å². The summed E-state index contributed by atoms with van der Waals surface area (Å²) < 4.78 is 5.80. The lowest BCUT2D eigenvalue weighted by molar-refractivity contribution is -0.139. The summed E-state index contributed by atoms with van der Waals surface area (Å²) in [6, 6.07) is 15.4. The first-order valence-corrected chi connectivity index (χ1v) is 12.2. The van der Waals surface area contributed by atoms with Crippen LogP contribution in [0.1, 0.15) is 36.2 Å². The lowest BCUT2D eigenvalue weighted by Crippen LogP contribution is -2.42. The molecule has 3 rings (SSSR count). The molecule has 0 heterocycles. The van der Waals surface area contributed by atoms with E-state index in [1.165, 1.54) is 18.2 Å². The Morgan fingerprint density at radius 2 is 1.68 bits per heavy atom. The van der Waals surface area contributed by atoms with Gasteiger partial charge in [0.1, 0.15) is 11.8 Å². The fourth-order valence-corrected chi connectivity index (χ4v) is 3.72. The van der Waals surface area contributed by atoms with Gasteiger partial charge in [-0.1, -0.05) is 56.3 Å². The number of rotatable bonds is 12. The zero-order chi connectivity index (χ0) is 27.8. The van der Waals surface area contributed by atoms with Crippen LogP contribution >= 0.6 is 0 Å². The third-order valence-electron chi connectivity index (χ3n) is 5.69. The van der Waals surface area contributed by atoms with Crippen molar-refractivity contribution >= 4 is 40.2 Å². The zero-order valence-electron chi connectivity index (χ0n) is 21.3. The Balaban J connectivity index is 1.79. The van der Waals surface area contributed by atoms with Crippen molar-refractivity contribution in [3.8, 4) is 5.75 Å². The summed E-state index contributed by atoms with van der Waals surface area (Å²) in [4.78, 5) is 48.5. The largest absolute Gasteiger partial charge is 0.491 e. The molecule has 3 aromatic rings. The van der Waals surface area contributed by atoms with Gasteiger partial charge in [0.15, 0.2) is 0 Å². The van der Waals surface area contributed by atoms with Crippen LogP contribution in [-0.2, 0) is 20.8 Å². The maximum Gasteiger partial charge on any atom is 0.326 e. The minimum atomic E-state index is -1.17. The van der Waals surface area contributed by atoms with Crippen molar-refractivity contribution in [2.45, 2.75) is 38.8 Å². The second kappa shape index (κ2) is 12.7. The van der Waals surface area contributed by atoms with Crippen molar-refractivity contribution < 1.29 is 29.0 Å². The van der Waals surface area contributed by atoms with Crippen LogP contribution in [0.25, 0.3) is 10.8 Å². The van der Waals surface area contributed by atoms with Crippen LogP contribution in [-0.4, -0.2) is 47.5 Å². The highest BCUT2D eigenvalue weighted by Crippen LogP contribution is 2.27. The van der Waals surface area contributed by atoms with Gasteiger partial charge in [-0.05, 0) is 40.5 Å². The number of anilines is 1. The second-order valence-corrected chi connectivity index (χ2v) is 9.43. The number of fused-ring (bicyclic) bond motifs is 1. The summed E-state index contributed by atoms with van der Waals surface area (Å²) in [5, 5.41) is 16.9. The standard InChI is InChI=1S/C28H32N4O6/c1-16(2)15-38-24-13-20(9-10-22(24)31-27(35)21(29)14-25(30)33)26(34)32-23(28(36)37)12-17-7-8-18-5-3-4-6-19(18)11-17/h3-11,13,16,21,23H,12,14-15,29H2,1-2H3,(H2,30,33)(H,31,35)(H,32,34)(H,36,37)/t21-,23-/m0/s1. The molecular formula is C28H32N4O6. The Kier molecular flexibility index (Phi) is 9.39. The van der Waals surface area contributed by atoms with Crippen LogP contribution in [0.3, 0.4) is 0 Å². The number of carboxylic acids is 1. The molecule has 10 nitrogen and oxygen atoms in total. The van der Waals surface area contributed by atoms with Gasteiger partial charge in [-0.25, -0.2) is 4.79 Å². The Labute approximate surface area is 220 Å². The molecule has 0 aliphatic carbocycles. The number of nitrogens with two attached hydrogens (primary N) is 2. The first kappa shape index (κ1) is 28.1. The zero-order valence-corrected chi connectivity index (χ0v) is 21.3. The average Bonchev–Trinajstić information content (AvgIpc) is 2.86. The fraction of sp³-hybridized carbons (Fsp3) is 0.286. The molecule has 0 aromatic heterocycles. The Morgan fingerprint density at radius 1 is 0.974 bits per heavy atom. The summed E-state index contributed by atoms with van der Waals surface area (Å²) in [5.41, 5.74) is 12.0. The minimum Gasteiger partial charge on any atom is -0.491 e. The monoisotopic (exact) mass is 520 g/mol. The van der Waals surface area contributed by atoms with Crippen LogP contribution in [0.5, 0.6) is 5.75 Å². The maximum atomic E-state index is 13.0. The van der Waals surface area contributed by atoms with E-state index in [0.717, 1.165) is 16.3 Å². The van der Waals surface area contributed by atoms with Crippen molar-refractivity contribution in [3.05, 3.63) is 71.8 Å². The number of aliphatic carboxylic acids is 1. The van der Waals surface area contributed by atoms with E-state index in [1.807, 2.05) is 56.3 Å². The third-order valence-corrected chi connectivity index (χ3v) is 5.69. The highest BCUT2D eigenvalue weighted by molar-refractivity contribution is 6.00. The molecular weight excluding hydrogens is 488 g/mol. The van der Waals surface area contributed by atoms with E-state index in [4.69, 9.17) is 16.2 Å². The first-order valence-electron chi connectivity index (χ1n) is 12.2. The Morgan fingerprint density at radius 3 is 2.34 bits per heavy atom. The number of primary amides is 1. The lowest BCUT2D eigenvalue weighted by atomic mass is 10.0. The number of carbonyl (C=O) groups is 4. The predicted octanol–water partition coefficient (Wildman–Crippen LogP) is 2.44. The molecule has 0 saturated carbocycles. The van der Waals surface area contributed by atoms with E-state index in [9.17, 15) is 24.3 Å². The van der Waals surface area contributed by atoms with Crippen LogP contribution < -0.4 is 26.8 Å². The molecule has 3 aromatic carbocycles. The van der Waals surface area contributed by atoms with Gasteiger partial charge < -0.3 is 31.9 Å². The first-order chi connectivity index (χ1) is 18.0. The molecule has 10 heteroatoms. The maximum absolute atomic E-state index is 13.0.